The van der Waals surface area contributed by atoms with Gasteiger partial charge in [-0.15, -0.1) is 11.6 Å². The summed E-state index contributed by atoms with van der Waals surface area (Å²) in [4.78, 5) is 15.9. The minimum absolute atomic E-state index is 0.0323. The van der Waals surface area contributed by atoms with Crippen LogP contribution in [0.2, 0.25) is 0 Å². The highest BCUT2D eigenvalue weighted by Crippen LogP contribution is 2.16. The molecule has 0 aromatic carbocycles. The summed E-state index contributed by atoms with van der Waals surface area (Å²) in [7, 11) is 0. The lowest BCUT2D eigenvalue weighted by atomic mass is 10.3. The van der Waals surface area contributed by atoms with Gasteiger partial charge in [0.2, 0.25) is 5.91 Å². The van der Waals surface area contributed by atoms with E-state index < -0.39 is 0 Å². The quantitative estimate of drug-likeness (QED) is 0.626. The van der Waals surface area contributed by atoms with Crippen LogP contribution in [0.3, 0.4) is 0 Å². The predicted molar refractivity (Wildman–Crippen MR) is 72.5 cm³/mol. The number of rotatable bonds is 8. The highest BCUT2D eigenvalue weighted by atomic mass is 35.5. The second-order valence-corrected chi connectivity index (χ2v) is 5.45. The third kappa shape index (κ3) is 5.26. The van der Waals surface area contributed by atoms with Gasteiger partial charge in [0.05, 0.1) is 5.38 Å². The van der Waals surface area contributed by atoms with Crippen LogP contribution in [0.1, 0.15) is 39.5 Å². The lowest BCUT2D eigenvalue weighted by Crippen LogP contribution is -2.32. The van der Waals surface area contributed by atoms with Crippen molar-refractivity contribution < 1.29 is 4.79 Å². The van der Waals surface area contributed by atoms with E-state index in [1.165, 1.54) is 25.9 Å². The Morgan fingerprint density at radius 3 is 2.41 bits per heavy atom. The van der Waals surface area contributed by atoms with Crippen molar-refractivity contribution in [3.8, 4) is 0 Å². The molecule has 0 aliphatic carbocycles. The summed E-state index contributed by atoms with van der Waals surface area (Å²) in [5.41, 5.74) is 0. The maximum Gasteiger partial charge on any atom is 0.224 e. The topological polar surface area (TPSA) is 23.6 Å². The Bertz CT molecular complexity index is 229. The average Bonchev–Trinajstić information content (AvgIpc) is 2.58. The smallest absolute Gasteiger partial charge is 0.224 e. The van der Waals surface area contributed by atoms with E-state index in [4.69, 9.17) is 11.6 Å². The van der Waals surface area contributed by atoms with E-state index in [9.17, 15) is 4.79 Å². The Hall–Kier alpha value is -0.280. The Balaban J connectivity index is 2.19. The van der Waals surface area contributed by atoms with E-state index in [0.29, 0.717) is 6.42 Å². The molecule has 0 aromatic heterocycles. The van der Waals surface area contributed by atoms with Crippen LogP contribution in [-0.2, 0) is 4.79 Å². The molecule has 1 amide bonds. The fourth-order valence-electron chi connectivity index (χ4n) is 2.39. The first-order valence-electron chi connectivity index (χ1n) is 6.81. The minimum atomic E-state index is 0.0323. The third-order valence-corrected chi connectivity index (χ3v) is 3.44. The fraction of sp³-hybridized carbons (Fsp3) is 0.923. The zero-order chi connectivity index (χ0) is 12.7. The number of nitrogens with zero attached hydrogens (tertiary/aromatic N) is 2. The van der Waals surface area contributed by atoms with Crippen molar-refractivity contribution in [1.82, 2.24) is 9.80 Å². The molecule has 1 fully saturated rings. The van der Waals surface area contributed by atoms with Crippen LogP contribution in [0.4, 0.5) is 0 Å². The summed E-state index contributed by atoms with van der Waals surface area (Å²) in [6, 6.07) is 0. The highest BCUT2D eigenvalue weighted by molar-refractivity contribution is 6.22. The molecule has 4 heteroatoms. The van der Waals surface area contributed by atoms with Crippen LogP contribution in [0.5, 0.6) is 0 Å². The number of hydrogen-bond donors (Lipinski definition) is 0. The van der Waals surface area contributed by atoms with Crippen LogP contribution in [0.25, 0.3) is 0 Å². The summed E-state index contributed by atoms with van der Waals surface area (Å²) < 4.78 is 0. The molecule has 1 atom stereocenters. The van der Waals surface area contributed by atoms with Crippen molar-refractivity contribution in [2.24, 2.45) is 0 Å². The van der Waals surface area contributed by atoms with Crippen LogP contribution in [0.15, 0.2) is 0 Å². The zero-order valence-corrected chi connectivity index (χ0v) is 11.9. The second-order valence-electron chi connectivity index (χ2n) is 4.84. The van der Waals surface area contributed by atoms with E-state index in [0.717, 1.165) is 26.1 Å². The number of likely N-dealkylation sites (tertiary alicyclic amines) is 1. The van der Waals surface area contributed by atoms with Crippen LogP contribution in [-0.4, -0.2) is 53.8 Å². The second kappa shape index (κ2) is 7.93. The van der Waals surface area contributed by atoms with Crippen molar-refractivity contribution in [2.45, 2.75) is 44.9 Å². The molecule has 0 bridgehead atoms. The molecule has 0 N–H and O–H groups in total. The summed E-state index contributed by atoms with van der Waals surface area (Å²) in [6.07, 6.45) is 3.99. The molecule has 0 aromatic rings. The Morgan fingerprint density at radius 1 is 1.29 bits per heavy atom. The van der Waals surface area contributed by atoms with Crippen molar-refractivity contribution in [1.29, 1.82) is 0 Å². The van der Waals surface area contributed by atoms with Crippen LogP contribution < -0.4 is 0 Å². The van der Waals surface area contributed by atoms with Gasteiger partial charge in [0.15, 0.2) is 0 Å². The first kappa shape index (κ1) is 14.8. The summed E-state index contributed by atoms with van der Waals surface area (Å²) in [6.45, 7) is 9.46. The van der Waals surface area contributed by atoms with E-state index >= 15 is 0 Å². The van der Waals surface area contributed by atoms with Gasteiger partial charge in [-0.3, -0.25) is 4.79 Å². The van der Waals surface area contributed by atoms with Gasteiger partial charge in [0.1, 0.15) is 0 Å². The Morgan fingerprint density at radius 2 is 1.94 bits per heavy atom. The normalized spacial score (nSPS) is 20.6. The van der Waals surface area contributed by atoms with Gasteiger partial charge >= 0.3 is 0 Å². The van der Waals surface area contributed by atoms with Gasteiger partial charge in [-0.1, -0.05) is 13.8 Å². The van der Waals surface area contributed by atoms with Crippen LogP contribution in [0, 0.1) is 0 Å². The van der Waals surface area contributed by atoms with Gasteiger partial charge in [-0.2, -0.15) is 0 Å². The Labute approximate surface area is 110 Å². The van der Waals surface area contributed by atoms with Crippen molar-refractivity contribution >= 4 is 17.5 Å². The molecule has 0 saturated carbocycles. The molecule has 1 aliphatic rings. The van der Waals surface area contributed by atoms with Crippen molar-refractivity contribution in [2.75, 3.05) is 32.7 Å². The monoisotopic (exact) mass is 260 g/mol. The number of carbonyl (C=O) groups is 1. The number of amides is 1. The van der Waals surface area contributed by atoms with Gasteiger partial charge in [0, 0.05) is 19.5 Å². The zero-order valence-electron chi connectivity index (χ0n) is 11.1. The molecular formula is C13H25ClN2O. The summed E-state index contributed by atoms with van der Waals surface area (Å²) >= 11 is 5.97. The standard InChI is InChI=1S/C13H25ClN2O/c1-3-6-15(7-4-2)8-5-9-16-11-12(14)10-13(16)17/h12H,3-11H2,1-2H3. The van der Waals surface area contributed by atoms with E-state index in [1.54, 1.807) is 0 Å². The summed E-state index contributed by atoms with van der Waals surface area (Å²) in [5, 5.41) is 0.0323. The molecule has 0 spiro atoms. The Kier molecular flexibility index (Phi) is 6.90. The van der Waals surface area contributed by atoms with E-state index in [2.05, 4.69) is 18.7 Å². The molecular weight excluding hydrogens is 236 g/mol. The SMILES string of the molecule is CCCN(CCC)CCCN1CC(Cl)CC1=O. The van der Waals surface area contributed by atoms with Crippen molar-refractivity contribution in [3.05, 3.63) is 0 Å². The minimum Gasteiger partial charge on any atom is -0.341 e. The van der Waals surface area contributed by atoms with Crippen molar-refractivity contribution in [3.63, 3.8) is 0 Å². The molecule has 1 rings (SSSR count). The molecule has 1 heterocycles. The summed E-state index contributed by atoms with van der Waals surface area (Å²) in [5.74, 6) is 0.225. The highest BCUT2D eigenvalue weighted by Gasteiger charge is 2.27. The van der Waals surface area contributed by atoms with Crippen LogP contribution >= 0.6 is 11.6 Å². The molecule has 0 radical (unpaired) electrons. The largest absolute Gasteiger partial charge is 0.341 e. The lowest BCUT2D eigenvalue weighted by Gasteiger charge is -2.22. The number of carbonyl (C=O) groups excluding carboxylic acids is 1. The molecule has 17 heavy (non-hydrogen) atoms. The van der Waals surface area contributed by atoms with Gasteiger partial charge in [0.25, 0.3) is 0 Å². The molecule has 1 unspecified atom stereocenters. The molecule has 100 valence electrons. The molecule has 1 saturated heterocycles. The van der Waals surface area contributed by atoms with Gasteiger partial charge in [-0.25, -0.2) is 0 Å². The fourth-order valence-corrected chi connectivity index (χ4v) is 2.69. The first-order valence-corrected chi connectivity index (χ1v) is 7.25. The van der Waals surface area contributed by atoms with Gasteiger partial charge in [-0.05, 0) is 38.9 Å². The number of halogens is 1. The van der Waals surface area contributed by atoms with E-state index in [-0.39, 0.29) is 11.3 Å². The number of hydrogen-bond acceptors (Lipinski definition) is 2. The third-order valence-electron chi connectivity index (χ3n) is 3.15. The van der Waals surface area contributed by atoms with Gasteiger partial charge < -0.3 is 9.80 Å². The average molecular weight is 261 g/mol. The van der Waals surface area contributed by atoms with E-state index in [1.807, 2.05) is 4.90 Å². The maximum absolute atomic E-state index is 11.5. The predicted octanol–water partition coefficient (Wildman–Crippen LogP) is 2.34. The molecule has 1 aliphatic heterocycles. The molecule has 3 nitrogen and oxygen atoms in total. The lowest BCUT2D eigenvalue weighted by molar-refractivity contribution is -0.127. The maximum atomic E-state index is 11.5. The first-order chi connectivity index (χ1) is 8.17. The number of alkyl halides is 1.